The van der Waals surface area contributed by atoms with Gasteiger partial charge in [-0.1, -0.05) is 24.3 Å². The third-order valence-corrected chi connectivity index (χ3v) is 6.31. The van der Waals surface area contributed by atoms with Crippen molar-refractivity contribution in [1.29, 1.82) is 0 Å². The van der Waals surface area contributed by atoms with Gasteiger partial charge in [0.15, 0.2) is 0 Å². The van der Waals surface area contributed by atoms with Gasteiger partial charge in [0.2, 0.25) is 0 Å². The lowest BCUT2D eigenvalue weighted by atomic mass is 10.0. The highest BCUT2D eigenvalue weighted by atomic mass is 16.2. The van der Waals surface area contributed by atoms with E-state index in [1.165, 1.54) is 37.8 Å². The maximum Gasteiger partial charge on any atom is 0.319 e. The fourth-order valence-electron chi connectivity index (χ4n) is 4.90. The zero-order valence-electron chi connectivity index (χ0n) is 16.5. The predicted octanol–water partition coefficient (Wildman–Crippen LogP) is 5.08. The van der Waals surface area contributed by atoms with Gasteiger partial charge >= 0.3 is 6.03 Å². The predicted molar refractivity (Wildman–Crippen MR) is 117 cm³/mol. The zero-order valence-corrected chi connectivity index (χ0v) is 16.5. The number of amides is 2. The van der Waals surface area contributed by atoms with E-state index in [4.69, 9.17) is 0 Å². The molecule has 5 rings (SSSR count). The van der Waals surface area contributed by atoms with Gasteiger partial charge in [-0.3, -0.25) is 4.98 Å². The van der Waals surface area contributed by atoms with E-state index in [-0.39, 0.29) is 6.03 Å². The van der Waals surface area contributed by atoms with Crippen LogP contribution in [0.3, 0.4) is 0 Å². The van der Waals surface area contributed by atoms with Crippen LogP contribution in [0.15, 0.2) is 60.9 Å². The minimum Gasteiger partial charge on any atom is -0.366 e. The number of hydrogen-bond acceptors (Lipinski definition) is 3. The van der Waals surface area contributed by atoms with Crippen LogP contribution in [-0.2, 0) is 6.54 Å². The van der Waals surface area contributed by atoms with Gasteiger partial charge in [0.05, 0.1) is 5.69 Å². The molecule has 1 aromatic heterocycles. The van der Waals surface area contributed by atoms with Crippen LogP contribution in [0.1, 0.15) is 37.7 Å². The topological polar surface area (TPSA) is 57.3 Å². The van der Waals surface area contributed by atoms with Gasteiger partial charge in [0, 0.05) is 47.5 Å². The molecule has 2 aliphatic rings. The molecule has 5 nitrogen and oxygen atoms in total. The summed E-state index contributed by atoms with van der Waals surface area (Å²) in [7, 11) is 0. The molecule has 29 heavy (non-hydrogen) atoms. The molecule has 3 heterocycles. The lowest BCUT2D eigenvalue weighted by Crippen LogP contribution is -2.39. The molecule has 5 heteroatoms. The summed E-state index contributed by atoms with van der Waals surface area (Å²) in [4.78, 5) is 19.2. The van der Waals surface area contributed by atoms with Crippen molar-refractivity contribution >= 4 is 28.2 Å². The summed E-state index contributed by atoms with van der Waals surface area (Å²) in [5, 5.41) is 7.91. The third kappa shape index (κ3) is 3.65. The Morgan fingerprint density at radius 2 is 1.79 bits per heavy atom. The van der Waals surface area contributed by atoms with Crippen molar-refractivity contribution in [2.45, 2.75) is 50.7 Å². The van der Waals surface area contributed by atoms with Crippen LogP contribution in [-0.4, -0.2) is 23.1 Å². The van der Waals surface area contributed by atoms with Crippen molar-refractivity contribution in [2.75, 3.05) is 10.2 Å². The number of piperidine rings is 1. The molecule has 3 aromatic rings. The van der Waals surface area contributed by atoms with E-state index >= 15 is 0 Å². The van der Waals surface area contributed by atoms with Crippen molar-refractivity contribution in [3.8, 4) is 0 Å². The molecule has 2 aromatic carbocycles. The van der Waals surface area contributed by atoms with Crippen molar-refractivity contribution in [3.63, 3.8) is 0 Å². The summed E-state index contributed by atoms with van der Waals surface area (Å²) in [6.45, 7) is 0.505. The van der Waals surface area contributed by atoms with E-state index in [2.05, 4.69) is 44.8 Å². The standard InChI is InChI=1S/C24H26N4O/c29-24(27-23-6-1-3-18-16-25-14-13-22(18)23)26-15-17-7-9-21(10-8-17)28-19-4-2-5-20(28)12-11-19/h1,3,6-10,13-14,16,19-20H,2,4-5,11-12,15H2,(H2,26,27,29)/t19-,20+. The number of carbonyl (C=O) groups is 1. The van der Waals surface area contributed by atoms with Gasteiger partial charge in [0.1, 0.15) is 0 Å². The molecule has 0 aliphatic carbocycles. The van der Waals surface area contributed by atoms with E-state index in [0.29, 0.717) is 6.54 Å². The molecular weight excluding hydrogens is 360 g/mol. The SMILES string of the molecule is O=C(NCc1ccc(N2[C@@H]3CCC[C@H]2CC3)cc1)Nc1cccc2cnccc12. The number of carbonyl (C=O) groups excluding carboxylic acids is 1. The lowest BCUT2D eigenvalue weighted by Gasteiger charge is -2.36. The summed E-state index contributed by atoms with van der Waals surface area (Å²) in [6.07, 6.45) is 10.2. The summed E-state index contributed by atoms with van der Waals surface area (Å²) < 4.78 is 0. The Kier molecular flexibility index (Phi) is 4.80. The maximum atomic E-state index is 12.4. The van der Waals surface area contributed by atoms with Crippen LogP contribution < -0.4 is 15.5 Å². The first-order valence-electron chi connectivity index (χ1n) is 10.5. The van der Waals surface area contributed by atoms with Crippen LogP contribution in [0.5, 0.6) is 0 Å². The summed E-state index contributed by atoms with van der Waals surface area (Å²) in [6, 6.07) is 17.7. The van der Waals surface area contributed by atoms with Crippen molar-refractivity contribution in [2.24, 2.45) is 0 Å². The molecule has 2 atom stereocenters. The Bertz CT molecular complexity index is 996. The first kappa shape index (κ1) is 18.0. The molecule has 148 valence electrons. The second-order valence-electron chi connectivity index (χ2n) is 8.10. The second kappa shape index (κ2) is 7.74. The van der Waals surface area contributed by atoms with Gasteiger partial charge in [-0.05, 0) is 61.9 Å². The number of nitrogens with zero attached hydrogens (tertiary/aromatic N) is 2. The van der Waals surface area contributed by atoms with E-state index < -0.39 is 0 Å². The molecule has 0 unspecified atom stereocenters. The normalized spacial score (nSPS) is 20.6. The number of anilines is 2. The minimum absolute atomic E-state index is 0.201. The average Bonchev–Trinajstić information content (AvgIpc) is 3.01. The van der Waals surface area contributed by atoms with Crippen LogP contribution in [0, 0.1) is 0 Å². The van der Waals surface area contributed by atoms with Crippen molar-refractivity contribution < 1.29 is 4.79 Å². The number of urea groups is 1. The fraction of sp³-hybridized carbons (Fsp3) is 0.333. The van der Waals surface area contributed by atoms with Crippen LogP contribution in [0.25, 0.3) is 10.8 Å². The highest BCUT2D eigenvalue weighted by molar-refractivity contribution is 6.01. The Morgan fingerprint density at radius 1 is 1.00 bits per heavy atom. The van der Waals surface area contributed by atoms with Gasteiger partial charge in [-0.15, -0.1) is 0 Å². The largest absolute Gasteiger partial charge is 0.366 e. The van der Waals surface area contributed by atoms with Crippen LogP contribution in [0.2, 0.25) is 0 Å². The smallest absolute Gasteiger partial charge is 0.319 e. The third-order valence-electron chi connectivity index (χ3n) is 6.31. The quantitative estimate of drug-likeness (QED) is 0.658. The number of rotatable bonds is 4. The second-order valence-corrected chi connectivity index (χ2v) is 8.10. The first-order chi connectivity index (χ1) is 14.3. The minimum atomic E-state index is -0.201. The number of aromatic nitrogens is 1. The zero-order chi connectivity index (χ0) is 19.6. The molecular formula is C24H26N4O. The Morgan fingerprint density at radius 3 is 2.59 bits per heavy atom. The average molecular weight is 386 g/mol. The summed E-state index contributed by atoms with van der Waals surface area (Å²) in [5.41, 5.74) is 3.23. The van der Waals surface area contributed by atoms with Gasteiger partial charge in [-0.2, -0.15) is 0 Å². The molecule has 0 spiro atoms. The molecule has 0 radical (unpaired) electrons. The Labute approximate surface area is 171 Å². The number of fused-ring (bicyclic) bond motifs is 3. The highest BCUT2D eigenvalue weighted by Gasteiger charge is 2.36. The van der Waals surface area contributed by atoms with Gasteiger partial charge in [0.25, 0.3) is 0 Å². The van der Waals surface area contributed by atoms with E-state index in [9.17, 15) is 4.79 Å². The highest BCUT2D eigenvalue weighted by Crippen LogP contribution is 2.39. The molecule has 2 fully saturated rings. The first-order valence-corrected chi connectivity index (χ1v) is 10.5. The molecule has 2 bridgehead atoms. The van der Waals surface area contributed by atoms with Crippen molar-refractivity contribution in [1.82, 2.24) is 10.3 Å². The van der Waals surface area contributed by atoms with Gasteiger partial charge < -0.3 is 15.5 Å². The molecule has 2 aliphatic heterocycles. The monoisotopic (exact) mass is 386 g/mol. The lowest BCUT2D eigenvalue weighted by molar-refractivity contribution is 0.252. The van der Waals surface area contributed by atoms with Crippen LogP contribution >= 0.6 is 0 Å². The van der Waals surface area contributed by atoms with E-state index in [0.717, 1.165) is 34.1 Å². The number of benzene rings is 2. The van der Waals surface area contributed by atoms with E-state index in [1.807, 2.05) is 24.3 Å². The number of nitrogens with one attached hydrogen (secondary N) is 2. The molecule has 0 saturated carbocycles. The number of pyridine rings is 1. The molecule has 2 N–H and O–H groups in total. The van der Waals surface area contributed by atoms with Gasteiger partial charge in [-0.25, -0.2) is 4.79 Å². The summed E-state index contributed by atoms with van der Waals surface area (Å²) >= 11 is 0. The molecule has 2 saturated heterocycles. The maximum absolute atomic E-state index is 12.4. The van der Waals surface area contributed by atoms with Crippen LogP contribution in [0.4, 0.5) is 16.2 Å². The van der Waals surface area contributed by atoms with Crippen molar-refractivity contribution in [3.05, 3.63) is 66.5 Å². The fourth-order valence-corrected chi connectivity index (χ4v) is 4.90. The Hall–Kier alpha value is -3.08. The Balaban J connectivity index is 1.21. The number of hydrogen-bond donors (Lipinski definition) is 2. The molecule has 2 amide bonds. The summed E-state index contributed by atoms with van der Waals surface area (Å²) in [5.74, 6) is 0. The van der Waals surface area contributed by atoms with E-state index in [1.54, 1.807) is 12.4 Å².